The maximum absolute atomic E-state index is 10.3. The second kappa shape index (κ2) is 8.91. The van der Waals surface area contributed by atoms with Crippen LogP contribution in [-0.4, -0.2) is 47.4 Å². The molecule has 0 aliphatic rings. The van der Waals surface area contributed by atoms with Crippen molar-refractivity contribution < 1.29 is 24.5 Å². The van der Waals surface area contributed by atoms with Crippen LogP contribution in [0.15, 0.2) is 0 Å². The maximum atomic E-state index is 10.3. The molecule has 0 aromatic carbocycles. The Hall–Kier alpha value is -1.18. The highest BCUT2D eigenvalue weighted by molar-refractivity contribution is 5.68. The van der Waals surface area contributed by atoms with Crippen molar-refractivity contribution in [1.82, 2.24) is 0 Å². The fraction of sp³-hybridized carbons (Fsp3) is 0.800. The normalized spacial score (nSPS) is 14.2. The molecule has 0 bridgehead atoms. The van der Waals surface area contributed by atoms with Gasteiger partial charge in [-0.05, 0) is 19.3 Å². The third-order valence-corrected chi connectivity index (χ3v) is 2.20. The smallest absolute Gasteiger partial charge is 0.329 e. The molecular formula is C10H20N2O5. The number of carbonyl (C=O) groups is 2. The molecule has 0 amide bonds. The third kappa shape index (κ3) is 11.1. The Kier molecular flexibility index (Phi) is 8.29. The average Bonchev–Trinajstić information content (AvgIpc) is 2.20. The number of rotatable bonds is 10. The summed E-state index contributed by atoms with van der Waals surface area (Å²) in [6.45, 7) is -0.0487. The van der Waals surface area contributed by atoms with Gasteiger partial charge in [-0.1, -0.05) is 0 Å². The summed E-state index contributed by atoms with van der Waals surface area (Å²) in [5.41, 5.74) is 11.3. The SMILES string of the molecule is NC(CCOCC(=O)O)CCC(N)CC(=O)O. The van der Waals surface area contributed by atoms with E-state index in [1.165, 1.54) is 0 Å². The van der Waals surface area contributed by atoms with Crippen LogP contribution in [0.2, 0.25) is 0 Å². The summed E-state index contributed by atoms with van der Waals surface area (Å²) in [6.07, 6.45) is 1.60. The molecule has 7 heteroatoms. The first-order valence-electron chi connectivity index (χ1n) is 5.44. The first-order chi connectivity index (χ1) is 7.91. The van der Waals surface area contributed by atoms with Crippen LogP contribution in [0.3, 0.4) is 0 Å². The molecule has 17 heavy (non-hydrogen) atoms. The zero-order valence-electron chi connectivity index (χ0n) is 9.67. The van der Waals surface area contributed by atoms with Crippen LogP contribution in [0.25, 0.3) is 0 Å². The van der Waals surface area contributed by atoms with Crippen molar-refractivity contribution in [3.05, 3.63) is 0 Å². The zero-order chi connectivity index (χ0) is 13.3. The minimum atomic E-state index is -1.01. The van der Waals surface area contributed by atoms with Crippen molar-refractivity contribution >= 4 is 11.9 Å². The fourth-order valence-corrected chi connectivity index (χ4v) is 1.29. The Bertz CT molecular complexity index is 247. The number of ether oxygens (including phenoxy) is 1. The molecule has 0 aliphatic heterocycles. The predicted molar refractivity (Wildman–Crippen MR) is 60.5 cm³/mol. The Morgan fingerprint density at radius 1 is 1.00 bits per heavy atom. The molecule has 0 heterocycles. The molecule has 7 nitrogen and oxygen atoms in total. The van der Waals surface area contributed by atoms with Gasteiger partial charge in [0.1, 0.15) is 6.61 Å². The molecule has 0 saturated heterocycles. The summed E-state index contributed by atoms with van der Waals surface area (Å²) in [4.78, 5) is 20.5. The maximum Gasteiger partial charge on any atom is 0.329 e. The Labute approximate surface area is 99.7 Å². The van der Waals surface area contributed by atoms with E-state index in [-0.39, 0.29) is 25.7 Å². The number of hydrogen-bond donors (Lipinski definition) is 4. The van der Waals surface area contributed by atoms with E-state index in [0.29, 0.717) is 19.3 Å². The van der Waals surface area contributed by atoms with E-state index in [4.69, 9.17) is 26.4 Å². The van der Waals surface area contributed by atoms with Crippen LogP contribution in [0.1, 0.15) is 25.7 Å². The van der Waals surface area contributed by atoms with Crippen LogP contribution in [0.4, 0.5) is 0 Å². The fourth-order valence-electron chi connectivity index (χ4n) is 1.29. The van der Waals surface area contributed by atoms with Crippen molar-refractivity contribution in [1.29, 1.82) is 0 Å². The molecule has 0 spiro atoms. The van der Waals surface area contributed by atoms with E-state index in [0.717, 1.165) is 0 Å². The lowest BCUT2D eigenvalue weighted by Crippen LogP contribution is -2.29. The molecule has 2 atom stereocenters. The van der Waals surface area contributed by atoms with E-state index in [1.807, 2.05) is 0 Å². The molecule has 2 unspecified atom stereocenters. The van der Waals surface area contributed by atoms with Crippen molar-refractivity contribution in [2.45, 2.75) is 37.8 Å². The van der Waals surface area contributed by atoms with Gasteiger partial charge in [0.2, 0.25) is 0 Å². The summed E-state index contributed by atoms with van der Waals surface area (Å²) < 4.78 is 4.83. The van der Waals surface area contributed by atoms with Crippen molar-refractivity contribution in [3.8, 4) is 0 Å². The zero-order valence-corrected chi connectivity index (χ0v) is 9.67. The van der Waals surface area contributed by atoms with Crippen molar-refractivity contribution in [2.75, 3.05) is 13.2 Å². The Morgan fingerprint density at radius 2 is 1.59 bits per heavy atom. The standard InChI is InChI=1S/C10H20N2O5/c11-7(3-4-17-6-10(15)16)1-2-8(12)5-9(13)14/h7-8H,1-6,11-12H2,(H,13,14)(H,15,16). The molecule has 0 fully saturated rings. The number of aliphatic carboxylic acids is 2. The van der Waals surface area contributed by atoms with E-state index < -0.39 is 18.0 Å². The summed E-state index contributed by atoms with van der Waals surface area (Å²) >= 11 is 0. The van der Waals surface area contributed by atoms with Gasteiger partial charge < -0.3 is 26.4 Å². The van der Waals surface area contributed by atoms with Gasteiger partial charge in [-0.2, -0.15) is 0 Å². The van der Waals surface area contributed by atoms with Gasteiger partial charge in [0.05, 0.1) is 6.42 Å². The van der Waals surface area contributed by atoms with Gasteiger partial charge in [-0.3, -0.25) is 4.79 Å². The van der Waals surface area contributed by atoms with Crippen LogP contribution in [0.5, 0.6) is 0 Å². The van der Waals surface area contributed by atoms with Crippen LogP contribution in [-0.2, 0) is 14.3 Å². The highest BCUT2D eigenvalue weighted by Gasteiger charge is 2.10. The molecular weight excluding hydrogens is 228 g/mol. The van der Waals surface area contributed by atoms with Gasteiger partial charge in [0, 0.05) is 18.7 Å². The van der Waals surface area contributed by atoms with E-state index >= 15 is 0 Å². The Morgan fingerprint density at radius 3 is 2.12 bits per heavy atom. The van der Waals surface area contributed by atoms with Gasteiger partial charge in [-0.25, -0.2) is 4.79 Å². The first kappa shape index (κ1) is 15.8. The highest BCUT2D eigenvalue weighted by Crippen LogP contribution is 2.04. The van der Waals surface area contributed by atoms with Crippen molar-refractivity contribution in [2.24, 2.45) is 11.5 Å². The second-order valence-corrected chi connectivity index (χ2v) is 3.93. The monoisotopic (exact) mass is 248 g/mol. The van der Waals surface area contributed by atoms with Crippen LogP contribution < -0.4 is 11.5 Å². The summed E-state index contributed by atoms with van der Waals surface area (Å²) in [7, 11) is 0. The molecule has 0 rings (SSSR count). The van der Waals surface area contributed by atoms with E-state index in [1.54, 1.807) is 0 Å². The van der Waals surface area contributed by atoms with Gasteiger partial charge in [0.25, 0.3) is 0 Å². The number of carboxylic acid groups (broad SMARTS) is 2. The molecule has 6 N–H and O–H groups in total. The first-order valence-corrected chi connectivity index (χ1v) is 5.44. The van der Waals surface area contributed by atoms with Crippen LogP contribution in [0, 0.1) is 0 Å². The van der Waals surface area contributed by atoms with E-state index in [9.17, 15) is 9.59 Å². The van der Waals surface area contributed by atoms with Crippen LogP contribution >= 0.6 is 0 Å². The molecule has 0 saturated carbocycles. The third-order valence-electron chi connectivity index (χ3n) is 2.20. The van der Waals surface area contributed by atoms with E-state index in [2.05, 4.69) is 0 Å². The number of nitrogens with two attached hydrogens (primary N) is 2. The summed E-state index contributed by atoms with van der Waals surface area (Å²) in [5, 5.41) is 16.8. The highest BCUT2D eigenvalue weighted by atomic mass is 16.5. The van der Waals surface area contributed by atoms with Gasteiger partial charge in [0.15, 0.2) is 0 Å². The summed E-state index contributed by atoms with van der Waals surface area (Å²) in [5.74, 6) is -1.93. The predicted octanol–water partition coefficient (Wildman–Crippen LogP) is -0.613. The minimum Gasteiger partial charge on any atom is -0.481 e. The molecule has 0 aromatic rings. The number of hydrogen-bond acceptors (Lipinski definition) is 5. The minimum absolute atomic E-state index is 0.0672. The number of carboxylic acids is 2. The second-order valence-electron chi connectivity index (χ2n) is 3.93. The largest absolute Gasteiger partial charge is 0.481 e. The lowest BCUT2D eigenvalue weighted by atomic mass is 10.0. The lowest BCUT2D eigenvalue weighted by Gasteiger charge is -2.14. The quantitative estimate of drug-likeness (QED) is 0.378. The summed E-state index contributed by atoms with van der Waals surface area (Å²) in [6, 6.07) is -0.540. The molecule has 0 aliphatic carbocycles. The van der Waals surface area contributed by atoms with Gasteiger partial charge in [-0.15, -0.1) is 0 Å². The van der Waals surface area contributed by atoms with Crippen molar-refractivity contribution in [3.63, 3.8) is 0 Å². The molecule has 100 valence electrons. The Balaban J connectivity index is 3.48. The molecule has 0 radical (unpaired) electrons. The lowest BCUT2D eigenvalue weighted by molar-refractivity contribution is -0.142. The van der Waals surface area contributed by atoms with Gasteiger partial charge >= 0.3 is 11.9 Å². The molecule has 0 aromatic heterocycles. The average molecular weight is 248 g/mol. The topological polar surface area (TPSA) is 136 Å².